The Hall–Kier alpha value is -0.900. The van der Waals surface area contributed by atoms with Gasteiger partial charge in [0, 0.05) is 13.0 Å². The summed E-state index contributed by atoms with van der Waals surface area (Å²) in [6.07, 6.45) is 0.570. The molecule has 1 unspecified atom stereocenters. The fraction of sp³-hybridized carbons (Fsp3) is 0.400. The van der Waals surface area contributed by atoms with E-state index in [-0.39, 0.29) is 12.6 Å². The lowest BCUT2D eigenvalue weighted by atomic mass is 9.96. The average molecular weight is 178 g/mol. The molecule has 70 valence electrons. The minimum absolute atomic E-state index is 0.211. The van der Waals surface area contributed by atoms with Crippen LogP contribution in [0.15, 0.2) is 24.3 Å². The number of hydrogen-bond donors (Lipinski definition) is 3. The van der Waals surface area contributed by atoms with E-state index in [4.69, 9.17) is 11.5 Å². The molecular weight excluding hydrogens is 164 g/mol. The Labute approximate surface area is 77.4 Å². The zero-order valence-corrected chi connectivity index (χ0v) is 7.40. The number of rotatable bonds is 1. The fourth-order valence-corrected chi connectivity index (χ4v) is 1.93. The summed E-state index contributed by atoms with van der Waals surface area (Å²) < 4.78 is 0. The minimum atomic E-state index is -0.941. The molecule has 0 radical (unpaired) electrons. The van der Waals surface area contributed by atoms with Crippen molar-refractivity contribution >= 4 is 0 Å². The van der Waals surface area contributed by atoms with Gasteiger partial charge >= 0.3 is 0 Å². The predicted octanol–water partition coefficient (Wildman–Crippen LogP) is -0.0677. The Morgan fingerprint density at radius 2 is 2.15 bits per heavy atom. The van der Waals surface area contributed by atoms with Crippen LogP contribution in [0.5, 0.6) is 0 Å². The lowest BCUT2D eigenvalue weighted by molar-refractivity contribution is 0.0344. The second-order valence-corrected chi connectivity index (χ2v) is 3.66. The first kappa shape index (κ1) is 8.69. The Kier molecular flexibility index (Phi) is 1.87. The van der Waals surface area contributed by atoms with Crippen LogP contribution >= 0.6 is 0 Å². The number of nitrogens with two attached hydrogens (primary N) is 2. The maximum atomic E-state index is 10.0. The Morgan fingerprint density at radius 3 is 2.77 bits per heavy atom. The van der Waals surface area contributed by atoms with Gasteiger partial charge in [-0.15, -0.1) is 0 Å². The molecule has 2 rings (SSSR count). The molecule has 1 aliphatic rings. The van der Waals surface area contributed by atoms with Crippen LogP contribution in [0.4, 0.5) is 0 Å². The van der Waals surface area contributed by atoms with E-state index >= 15 is 0 Å². The van der Waals surface area contributed by atoms with Gasteiger partial charge in [-0.2, -0.15) is 0 Å². The smallest absolute Gasteiger partial charge is 0.100 e. The summed E-state index contributed by atoms with van der Waals surface area (Å²) >= 11 is 0. The number of aliphatic hydroxyl groups is 1. The molecule has 3 heteroatoms. The molecule has 0 aromatic heterocycles. The summed E-state index contributed by atoms with van der Waals surface area (Å²) in [5.74, 6) is 0. The highest BCUT2D eigenvalue weighted by Crippen LogP contribution is 2.36. The molecule has 1 aromatic rings. The van der Waals surface area contributed by atoms with Gasteiger partial charge in [-0.1, -0.05) is 24.3 Å². The zero-order valence-electron chi connectivity index (χ0n) is 7.40. The maximum Gasteiger partial charge on any atom is 0.100 e. The van der Waals surface area contributed by atoms with Crippen molar-refractivity contribution in [1.29, 1.82) is 0 Å². The highest BCUT2D eigenvalue weighted by atomic mass is 16.3. The molecule has 0 aliphatic heterocycles. The van der Waals surface area contributed by atoms with Gasteiger partial charge in [0.05, 0.1) is 6.04 Å². The molecule has 0 heterocycles. The molecule has 0 saturated heterocycles. The van der Waals surface area contributed by atoms with Gasteiger partial charge < -0.3 is 16.6 Å². The van der Waals surface area contributed by atoms with Gasteiger partial charge in [-0.3, -0.25) is 0 Å². The summed E-state index contributed by atoms with van der Waals surface area (Å²) in [4.78, 5) is 0. The second kappa shape index (κ2) is 2.80. The van der Waals surface area contributed by atoms with Crippen molar-refractivity contribution in [2.45, 2.75) is 18.1 Å². The largest absolute Gasteiger partial charge is 0.386 e. The normalized spacial score (nSPS) is 31.8. The first-order valence-corrected chi connectivity index (χ1v) is 4.43. The molecule has 0 amide bonds. The van der Waals surface area contributed by atoms with Crippen LogP contribution in [0.3, 0.4) is 0 Å². The summed E-state index contributed by atoms with van der Waals surface area (Å²) in [5.41, 5.74) is 12.6. The lowest BCUT2D eigenvalue weighted by Gasteiger charge is -2.25. The first-order valence-electron chi connectivity index (χ1n) is 4.43. The molecule has 13 heavy (non-hydrogen) atoms. The number of benzene rings is 1. The monoisotopic (exact) mass is 178 g/mol. The van der Waals surface area contributed by atoms with E-state index in [0.29, 0.717) is 6.42 Å². The topological polar surface area (TPSA) is 72.3 Å². The van der Waals surface area contributed by atoms with Crippen molar-refractivity contribution in [3.8, 4) is 0 Å². The molecule has 0 spiro atoms. The third kappa shape index (κ3) is 1.16. The van der Waals surface area contributed by atoms with Crippen molar-refractivity contribution in [3.05, 3.63) is 35.4 Å². The standard InChI is InChI=1S/C10H14N2O/c11-6-10(13)5-7-3-1-2-4-8(7)9(10)12/h1-4,9,13H,5-6,11-12H2/t9?,10-/m0/s1. The Bertz CT molecular complexity index is 326. The molecule has 5 N–H and O–H groups in total. The van der Waals surface area contributed by atoms with Gasteiger partial charge in [0.25, 0.3) is 0 Å². The van der Waals surface area contributed by atoms with E-state index in [1.165, 1.54) is 0 Å². The fourth-order valence-electron chi connectivity index (χ4n) is 1.93. The van der Waals surface area contributed by atoms with Crippen LogP contribution in [0.25, 0.3) is 0 Å². The summed E-state index contributed by atoms with van der Waals surface area (Å²) in [6.45, 7) is 0.211. The highest BCUT2D eigenvalue weighted by Gasteiger charge is 2.41. The molecule has 0 bridgehead atoms. The van der Waals surface area contributed by atoms with E-state index < -0.39 is 5.60 Å². The lowest BCUT2D eigenvalue weighted by Crippen LogP contribution is -2.45. The van der Waals surface area contributed by atoms with Crippen molar-refractivity contribution in [2.75, 3.05) is 6.54 Å². The van der Waals surface area contributed by atoms with Gasteiger partial charge in [-0.25, -0.2) is 0 Å². The molecule has 0 fully saturated rings. The van der Waals surface area contributed by atoms with E-state index in [9.17, 15) is 5.11 Å². The van der Waals surface area contributed by atoms with Gasteiger partial charge in [0.2, 0.25) is 0 Å². The summed E-state index contributed by atoms with van der Waals surface area (Å²) in [5, 5.41) is 10.0. The minimum Gasteiger partial charge on any atom is -0.386 e. The van der Waals surface area contributed by atoms with E-state index in [2.05, 4.69) is 0 Å². The quantitative estimate of drug-likeness (QED) is 0.563. The van der Waals surface area contributed by atoms with Crippen molar-refractivity contribution in [2.24, 2.45) is 11.5 Å². The molecule has 2 atom stereocenters. The zero-order chi connectivity index (χ0) is 9.47. The van der Waals surface area contributed by atoms with Crippen molar-refractivity contribution < 1.29 is 5.11 Å². The highest BCUT2D eigenvalue weighted by molar-refractivity contribution is 5.38. The van der Waals surface area contributed by atoms with Crippen LogP contribution in [0.1, 0.15) is 17.2 Å². The second-order valence-electron chi connectivity index (χ2n) is 3.66. The Morgan fingerprint density at radius 1 is 1.46 bits per heavy atom. The molecule has 1 aliphatic carbocycles. The summed E-state index contributed by atoms with van der Waals surface area (Å²) in [7, 11) is 0. The number of fused-ring (bicyclic) bond motifs is 1. The number of hydrogen-bond acceptors (Lipinski definition) is 3. The van der Waals surface area contributed by atoms with Crippen molar-refractivity contribution in [1.82, 2.24) is 0 Å². The SMILES string of the molecule is NC[C@@]1(O)Cc2ccccc2C1N. The maximum absolute atomic E-state index is 10.0. The molecule has 3 nitrogen and oxygen atoms in total. The molecule has 0 saturated carbocycles. The van der Waals surface area contributed by atoms with Gasteiger partial charge in [0.1, 0.15) is 5.60 Å². The van der Waals surface area contributed by atoms with Crippen LogP contribution in [-0.4, -0.2) is 17.3 Å². The first-order chi connectivity index (χ1) is 6.17. The third-order valence-electron chi connectivity index (χ3n) is 2.82. The Balaban J connectivity index is 2.43. The van der Waals surface area contributed by atoms with Gasteiger partial charge in [-0.05, 0) is 11.1 Å². The van der Waals surface area contributed by atoms with Crippen LogP contribution in [0, 0.1) is 0 Å². The van der Waals surface area contributed by atoms with Gasteiger partial charge in [0.15, 0.2) is 0 Å². The molecule has 1 aromatic carbocycles. The van der Waals surface area contributed by atoms with Crippen LogP contribution < -0.4 is 11.5 Å². The van der Waals surface area contributed by atoms with E-state index in [1.54, 1.807) is 0 Å². The average Bonchev–Trinajstić information content (AvgIpc) is 2.41. The third-order valence-corrected chi connectivity index (χ3v) is 2.82. The van der Waals surface area contributed by atoms with Crippen LogP contribution in [-0.2, 0) is 6.42 Å². The van der Waals surface area contributed by atoms with E-state index in [0.717, 1.165) is 11.1 Å². The predicted molar refractivity (Wildman–Crippen MR) is 51.1 cm³/mol. The summed E-state index contributed by atoms with van der Waals surface area (Å²) in [6, 6.07) is 7.49. The van der Waals surface area contributed by atoms with Crippen LogP contribution in [0.2, 0.25) is 0 Å². The van der Waals surface area contributed by atoms with E-state index in [1.807, 2.05) is 24.3 Å². The van der Waals surface area contributed by atoms with Crippen molar-refractivity contribution in [3.63, 3.8) is 0 Å². The molecular formula is C10H14N2O.